The highest BCUT2D eigenvalue weighted by atomic mass is 19.3. The molecule has 0 bridgehead atoms. The van der Waals surface area contributed by atoms with Crippen LogP contribution in [-0.4, -0.2) is 12.4 Å². The van der Waals surface area contributed by atoms with Crippen molar-refractivity contribution in [2.75, 3.05) is 0 Å². The van der Waals surface area contributed by atoms with E-state index in [-0.39, 0.29) is 24.4 Å². The van der Waals surface area contributed by atoms with Gasteiger partial charge in [-0.15, -0.1) is 0 Å². The molecule has 0 heterocycles. The van der Waals surface area contributed by atoms with Crippen molar-refractivity contribution in [3.8, 4) is 11.8 Å². The van der Waals surface area contributed by atoms with E-state index in [1.165, 1.54) is 25.1 Å². The fraction of sp³-hybridized carbons (Fsp3) is 0.333. The standard InChI is InChI=1S/C12H11F2NO2/c1-8(16)6-10-7-11(17-12(13)14)3-2-9(10)4-5-15/h2-3,7,12H,4,6H2,1H3. The monoisotopic (exact) mass is 239 g/mol. The number of hydrogen-bond donors (Lipinski definition) is 0. The van der Waals surface area contributed by atoms with Gasteiger partial charge in [-0.05, 0) is 30.2 Å². The first-order valence-corrected chi connectivity index (χ1v) is 4.96. The molecule has 0 unspecified atom stereocenters. The molecule has 0 radical (unpaired) electrons. The first-order valence-electron chi connectivity index (χ1n) is 4.96. The van der Waals surface area contributed by atoms with Crippen LogP contribution in [0.5, 0.6) is 5.75 Å². The summed E-state index contributed by atoms with van der Waals surface area (Å²) in [5, 5.41) is 8.61. The molecule has 0 atom stereocenters. The highest BCUT2D eigenvalue weighted by molar-refractivity contribution is 5.78. The molecule has 0 aromatic heterocycles. The van der Waals surface area contributed by atoms with E-state index in [0.29, 0.717) is 11.1 Å². The second kappa shape index (κ2) is 5.94. The van der Waals surface area contributed by atoms with E-state index in [2.05, 4.69) is 4.74 Å². The normalized spacial score (nSPS) is 10.1. The third kappa shape index (κ3) is 4.19. The second-order valence-electron chi connectivity index (χ2n) is 3.52. The molecule has 0 N–H and O–H groups in total. The van der Waals surface area contributed by atoms with E-state index in [4.69, 9.17) is 5.26 Å². The van der Waals surface area contributed by atoms with Gasteiger partial charge in [0.05, 0.1) is 12.5 Å². The number of nitrogens with zero attached hydrogens (tertiary/aromatic N) is 1. The third-order valence-electron chi connectivity index (χ3n) is 2.11. The zero-order valence-corrected chi connectivity index (χ0v) is 9.24. The van der Waals surface area contributed by atoms with Crippen molar-refractivity contribution in [1.82, 2.24) is 0 Å². The van der Waals surface area contributed by atoms with Gasteiger partial charge in [0.2, 0.25) is 0 Å². The smallest absolute Gasteiger partial charge is 0.387 e. The topological polar surface area (TPSA) is 50.1 Å². The fourth-order valence-electron chi connectivity index (χ4n) is 1.47. The number of Topliss-reactive ketones (excluding diaryl/α,β-unsaturated/α-hetero) is 1. The largest absolute Gasteiger partial charge is 0.435 e. The van der Waals surface area contributed by atoms with Crippen molar-refractivity contribution in [2.45, 2.75) is 26.4 Å². The molecule has 0 fully saturated rings. The Balaban J connectivity index is 3.01. The lowest BCUT2D eigenvalue weighted by molar-refractivity contribution is -0.116. The van der Waals surface area contributed by atoms with E-state index < -0.39 is 6.61 Å². The number of carbonyl (C=O) groups is 1. The molecule has 1 rings (SSSR count). The molecule has 1 aromatic carbocycles. The molecule has 90 valence electrons. The number of rotatable bonds is 5. The maximum absolute atomic E-state index is 12.0. The summed E-state index contributed by atoms with van der Waals surface area (Å²) in [5.74, 6) is -0.101. The van der Waals surface area contributed by atoms with Gasteiger partial charge in [-0.1, -0.05) is 6.07 Å². The van der Waals surface area contributed by atoms with Gasteiger partial charge in [-0.25, -0.2) is 0 Å². The van der Waals surface area contributed by atoms with Gasteiger partial charge < -0.3 is 4.74 Å². The van der Waals surface area contributed by atoms with Crippen molar-refractivity contribution in [3.63, 3.8) is 0 Å². The molecule has 0 aliphatic carbocycles. The minimum Gasteiger partial charge on any atom is -0.435 e. The van der Waals surface area contributed by atoms with Crippen molar-refractivity contribution in [1.29, 1.82) is 5.26 Å². The minimum atomic E-state index is -2.90. The average Bonchev–Trinajstić information content (AvgIpc) is 2.20. The van der Waals surface area contributed by atoms with Gasteiger partial charge in [-0.2, -0.15) is 14.0 Å². The summed E-state index contributed by atoms with van der Waals surface area (Å²) in [6.07, 6.45) is 0.245. The van der Waals surface area contributed by atoms with Crippen molar-refractivity contribution in [3.05, 3.63) is 29.3 Å². The van der Waals surface area contributed by atoms with Crippen molar-refractivity contribution < 1.29 is 18.3 Å². The minimum absolute atomic E-state index is 0.00191. The molecule has 17 heavy (non-hydrogen) atoms. The number of ketones is 1. The van der Waals surface area contributed by atoms with Crippen LogP contribution in [0.4, 0.5) is 8.78 Å². The van der Waals surface area contributed by atoms with E-state index in [0.717, 1.165) is 0 Å². The summed E-state index contributed by atoms with van der Waals surface area (Å²) < 4.78 is 28.3. The summed E-state index contributed by atoms with van der Waals surface area (Å²) >= 11 is 0. The summed E-state index contributed by atoms with van der Waals surface area (Å²) in [6, 6.07) is 6.22. The molecular formula is C12H11F2NO2. The third-order valence-corrected chi connectivity index (χ3v) is 2.11. The Morgan fingerprint density at radius 3 is 2.71 bits per heavy atom. The number of halogens is 2. The number of alkyl halides is 2. The number of ether oxygens (including phenoxy) is 1. The zero-order chi connectivity index (χ0) is 12.8. The predicted octanol–water partition coefficient (Wildman–Crippen LogP) is 2.49. The zero-order valence-electron chi connectivity index (χ0n) is 9.24. The molecule has 0 saturated heterocycles. The van der Waals surface area contributed by atoms with Crippen LogP contribution in [0.1, 0.15) is 18.1 Å². The molecule has 0 spiro atoms. The lowest BCUT2D eigenvalue weighted by Crippen LogP contribution is -2.05. The Kier molecular flexibility index (Phi) is 4.58. The Morgan fingerprint density at radius 1 is 1.47 bits per heavy atom. The summed E-state index contributed by atoms with van der Waals surface area (Å²) in [5.41, 5.74) is 1.21. The van der Waals surface area contributed by atoms with Crippen molar-refractivity contribution in [2.24, 2.45) is 0 Å². The first kappa shape index (κ1) is 13.1. The van der Waals surface area contributed by atoms with E-state index in [9.17, 15) is 13.6 Å². The Bertz CT molecular complexity index is 452. The Morgan fingerprint density at radius 2 is 2.18 bits per heavy atom. The summed E-state index contributed by atoms with van der Waals surface area (Å²) in [6.45, 7) is -1.50. The van der Waals surface area contributed by atoms with Crippen molar-refractivity contribution >= 4 is 5.78 Å². The SMILES string of the molecule is CC(=O)Cc1cc(OC(F)F)ccc1CC#N. The molecular weight excluding hydrogens is 228 g/mol. The van der Waals surface area contributed by atoms with Crippen LogP contribution in [0.2, 0.25) is 0 Å². The number of benzene rings is 1. The molecule has 1 aromatic rings. The number of hydrogen-bond acceptors (Lipinski definition) is 3. The lowest BCUT2D eigenvalue weighted by Gasteiger charge is -2.09. The van der Waals surface area contributed by atoms with Gasteiger partial charge in [-0.3, -0.25) is 4.79 Å². The highest BCUT2D eigenvalue weighted by Crippen LogP contribution is 2.21. The summed E-state index contributed by atoms with van der Waals surface area (Å²) in [7, 11) is 0. The molecule has 5 heteroatoms. The van der Waals surface area contributed by atoms with Gasteiger partial charge in [0.15, 0.2) is 0 Å². The van der Waals surface area contributed by atoms with Crippen LogP contribution in [0.3, 0.4) is 0 Å². The number of nitriles is 1. The molecule has 0 aliphatic rings. The van der Waals surface area contributed by atoms with E-state index in [1.54, 1.807) is 0 Å². The lowest BCUT2D eigenvalue weighted by atomic mass is 10.0. The quantitative estimate of drug-likeness (QED) is 0.793. The molecule has 0 aliphatic heterocycles. The summed E-state index contributed by atoms with van der Waals surface area (Å²) in [4.78, 5) is 11.0. The molecule has 3 nitrogen and oxygen atoms in total. The number of carbonyl (C=O) groups excluding carboxylic acids is 1. The van der Waals surface area contributed by atoms with E-state index in [1.807, 2.05) is 6.07 Å². The molecule has 0 amide bonds. The Hall–Kier alpha value is -1.96. The van der Waals surface area contributed by atoms with Gasteiger partial charge in [0.25, 0.3) is 0 Å². The Labute approximate surface area is 97.6 Å². The van der Waals surface area contributed by atoms with E-state index >= 15 is 0 Å². The van der Waals surface area contributed by atoms with Crippen LogP contribution in [0.15, 0.2) is 18.2 Å². The molecule has 0 saturated carbocycles. The van der Waals surface area contributed by atoms with Crippen LogP contribution >= 0.6 is 0 Å². The fourth-order valence-corrected chi connectivity index (χ4v) is 1.47. The average molecular weight is 239 g/mol. The maximum Gasteiger partial charge on any atom is 0.387 e. The van der Waals surface area contributed by atoms with Crippen LogP contribution in [-0.2, 0) is 17.6 Å². The van der Waals surface area contributed by atoms with Gasteiger partial charge in [0, 0.05) is 6.42 Å². The van der Waals surface area contributed by atoms with Gasteiger partial charge >= 0.3 is 6.61 Å². The van der Waals surface area contributed by atoms with Gasteiger partial charge in [0.1, 0.15) is 11.5 Å². The first-order chi connectivity index (χ1) is 8.02. The highest BCUT2D eigenvalue weighted by Gasteiger charge is 2.09. The van der Waals surface area contributed by atoms with Crippen LogP contribution in [0, 0.1) is 11.3 Å². The second-order valence-corrected chi connectivity index (χ2v) is 3.52. The predicted molar refractivity (Wildman–Crippen MR) is 56.8 cm³/mol. The van der Waals surface area contributed by atoms with Crippen LogP contribution in [0.25, 0.3) is 0 Å². The maximum atomic E-state index is 12.0. The van der Waals surface area contributed by atoms with Crippen LogP contribution < -0.4 is 4.74 Å².